The summed E-state index contributed by atoms with van der Waals surface area (Å²) in [5.41, 5.74) is 0.227. The summed E-state index contributed by atoms with van der Waals surface area (Å²) in [5.74, 6) is -1.07. The zero-order chi connectivity index (χ0) is 20.0. The first-order chi connectivity index (χ1) is 12.7. The molecule has 1 saturated heterocycles. The average Bonchev–Trinajstić information content (AvgIpc) is 3.02. The number of carbonyl (C=O) groups excluding carboxylic acids is 3. The number of hydrogen-bond acceptors (Lipinski definition) is 6. The van der Waals surface area contributed by atoms with E-state index in [1.54, 1.807) is 20.8 Å². The van der Waals surface area contributed by atoms with E-state index in [0.717, 1.165) is 5.56 Å². The number of amides is 1. The quantitative estimate of drug-likeness (QED) is 0.580. The van der Waals surface area contributed by atoms with Gasteiger partial charge in [0.05, 0.1) is 13.5 Å². The van der Waals surface area contributed by atoms with E-state index in [2.05, 4.69) is 0 Å². The highest BCUT2D eigenvalue weighted by molar-refractivity contribution is 5.82. The fourth-order valence-corrected chi connectivity index (χ4v) is 2.99. The second-order valence-electron chi connectivity index (χ2n) is 7.62. The molecule has 0 aromatic heterocycles. The summed E-state index contributed by atoms with van der Waals surface area (Å²) >= 11 is 0. The molecule has 1 amide bonds. The van der Waals surface area contributed by atoms with Gasteiger partial charge in [-0.05, 0) is 38.7 Å². The molecule has 7 nitrogen and oxygen atoms in total. The van der Waals surface area contributed by atoms with Gasteiger partial charge >= 0.3 is 18.0 Å². The first-order valence-electron chi connectivity index (χ1n) is 8.96. The van der Waals surface area contributed by atoms with Gasteiger partial charge in [0.2, 0.25) is 0 Å². The van der Waals surface area contributed by atoms with Gasteiger partial charge in [0.25, 0.3) is 0 Å². The Labute approximate surface area is 159 Å². The van der Waals surface area contributed by atoms with Crippen LogP contribution < -0.4 is 0 Å². The SMILES string of the molecule is COC(=O)[C@@H]1C[C@H](CC(=O)OCc2ccccc2)CN1C(=O)OC(C)(C)C. The van der Waals surface area contributed by atoms with Gasteiger partial charge in [-0.25, -0.2) is 9.59 Å². The fourth-order valence-electron chi connectivity index (χ4n) is 2.99. The van der Waals surface area contributed by atoms with Crippen molar-refractivity contribution in [1.82, 2.24) is 4.90 Å². The molecule has 1 heterocycles. The van der Waals surface area contributed by atoms with Crippen molar-refractivity contribution < 1.29 is 28.6 Å². The summed E-state index contributed by atoms with van der Waals surface area (Å²) in [5, 5.41) is 0. The Morgan fingerprint density at radius 3 is 2.41 bits per heavy atom. The van der Waals surface area contributed by atoms with E-state index in [1.165, 1.54) is 12.0 Å². The molecular weight excluding hydrogens is 350 g/mol. The Balaban J connectivity index is 1.94. The molecule has 1 aliphatic heterocycles. The monoisotopic (exact) mass is 377 g/mol. The summed E-state index contributed by atoms with van der Waals surface area (Å²) in [4.78, 5) is 38.0. The number of carbonyl (C=O) groups is 3. The number of esters is 2. The van der Waals surface area contributed by atoms with Crippen LogP contribution in [-0.4, -0.2) is 48.2 Å². The minimum absolute atomic E-state index is 0.125. The van der Waals surface area contributed by atoms with Crippen LogP contribution >= 0.6 is 0 Å². The molecule has 0 bridgehead atoms. The molecule has 1 fully saturated rings. The number of ether oxygens (including phenoxy) is 3. The van der Waals surface area contributed by atoms with Crippen molar-refractivity contribution in [2.45, 2.75) is 51.9 Å². The zero-order valence-corrected chi connectivity index (χ0v) is 16.3. The molecule has 148 valence electrons. The van der Waals surface area contributed by atoms with Crippen molar-refractivity contribution in [1.29, 1.82) is 0 Å². The Hall–Kier alpha value is -2.57. The number of hydrogen-bond donors (Lipinski definition) is 0. The molecule has 1 aliphatic rings. The Morgan fingerprint density at radius 2 is 1.81 bits per heavy atom. The highest BCUT2D eigenvalue weighted by Crippen LogP contribution is 2.29. The zero-order valence-electron chi connectivity index (χ0n) is 16.3. The molecule has 2 rings (SSSR count). The van der Waals surface area contributed by atoms with Crippen LogP contribution in [0.5, 0.6) is 0 Å². The Bertz CT molecular complexity index is 667. The standard InChI is InChI=1S/C20H27NO6/c1-20(2,3)27-19(24)21-12-15(10-16(21)18(23)25-4)11-17(22)26-13-14-8-6-5-7-9-14/h5-9,15-16H,10-13H2,1-4H3/t15-,16+/m1/s1. The molecule has 0 aliphatic carbocycles. The second-order valence-corrected chi connectivity index (χ2v) is 7.62. The molecule has 27 heavy (non-hydrogen) atoms. The lowest BCUT2D eigenvalue weighted by Crippen LogP contribution is -2.43. The molecule has 2 atom stereocenters. The lowest BCUT2D eigenvalue weighted by atomic mass is 10.0. The summed E-state index contributed by atoms with van der Waals surface area (Å²) in [6.45, 7) is 5.71. The van der Waals surface area contributed by atoms with Crippen molar-refractivity contribution >= 4 is 18.0 Å². The smallest absolute Gasteiger partial charge is 0.411 e. The Morgan fingerprint density at radius 1 is 1.15 bits per heavy atom. The summed E-state index contributed by atoms with van der Waals surface area (Å²) in [7, 11) is 1.27. The van der Waals surface area contributed by atoms with Gasteiger partial charge in [0, 0.05) is 6.54 Å². The predicted molar refractivity (Wildman–Crippen MR) is 97.7 cm³/mol. The van der Waals surface area contributed by atoms with Crippen LogP contribution in [0.25, 0.3) is 0 Å². The fraction of sp³-hybridized carbons (Fsp3) is 0.550. The van der Waals surface area contributed by atoms with Crippen molar-refractivity contribution in [3.63, 3.8) is 0 Å². The van der Waals surface area contributed by atoms with Crippen LogP contribution in [0.15, 0.2) is 30.3 Å². The summed E-state index contributed by atoms with van der Waals surface area (Å²) in [6.07, 6.45) is -0.121. The van der Waals surface area contributed by atoms with E-state index in [0.29, 0.717) is 6.42 Å². The van der Waals surface area contributed by atoms with E-state index >= 15 is 0 Å². The van der Waals surface area contributed by atoms with Crippen LogP contribution in [0.3, 0.4) is 0 Å². The van der Waals surface area contributed by atoms with Gasteiger partial charge < -0.3 is 14.2 Å². The third kappa shape index (κ3) is 6.27. The van der Waals surface area contributed by atoms with Crippen molar-refractivity contribution in [3.05, 3.63) is 35.9 Å². The van der Waals surface area contributed by atoms with Gasteiger partial charge in [-0.15, -0.1) is 0 Å². The average molecular weight is 377 g/mol. The molecular formula is C20H27NO6. The summed E-state index contributed by atoms with van der Waals surface area (Å²) in [6, 6.07) is 8.64. The first-order valence-corrected chi connectivity index (χ1v) is 8.96. The maximum Gasteiger partial charge on any atom is 0.411 e. The van der Waals surface area contributed by atoms with E-state index in [1.807, 2.05) is 30.3 Å². The van der Waals surface area contributed by atoms with Crippen molar-refractivity contribution in [3.8, 4) is 0 Å². The molecule has 0 saturated carbocycles. The van der Waals surface area contributed by atoms with Crippen molar-refractivity contribution in [2.24, 2.45) is 5.92 Å². The predicted octanol–water partition coefficient (Wildman–Crippen LogP) is 2.92. The van der Waals surface area contributed by atoms with Gasteiger partial charge in [-0.3, -0.25) is 9.69 Å². The Kier molecular flexibility index (Phi) is 6.82. The van der Waals surface area contributed by atoms with E-state index in [-0.39, 0.29) is 31.5 Å². The molecule has 0 unspecified atom stereocenters. The van der Waals surface area contributed by atoms with E-state index in [4.69, 9.17) is 14.2 Å². The maximum atomic E-state index is 12.4. The van der Waals surface area contributed by atoms with Crippen LogP contribution in [0.2, 0.25) is 0 Å². The molecule has 7 heteroatoms. The number of nitrogens with zero attached hydrogens (tertiary/aromatic N) is 1. The highest BCUT2D eigenvalue weighted by atomic mass is 16.6. The minimum atomic E-state index is -0.753. The largest absolute Gasteiger partial charge is 0.467 e. The van der Waals surface area contributed by atoms with Gasteiger partial charge in [0.1, 0.15) is 18.2 Å². The van der Waals surface area contributed by atoms with Crippen LogP contribution in [0, 0.1) is 5.92 Å². The lowest BCUT2D eigenvalue weighted by Gasteiger charge is -2.27. The third-order valence-corrected chi connectivity index (χ3v) is 4.19. The van der Waals surface area contributed by atoms with Crippen LogP contribution in [0.4, 0.5) is 4.79 Å². The van der Waals surface area contributed by atoms with E-state index < -0.39 is 23.7 Å². The van der Waals surface area contributed by atoms with Gasteiger partial charge in [0.15, 0.2) is 0 Å². The lowest BCUT2D eigenvalue weighted by molar-refractivity contribution is -0.147. The third-order valence-electron chi connectivity index (χ3n) is 4.19. The summed E-state index contributed by atoms with van der Waals surface area (Å²) < 4.78 is 15.5. The van der Waals surface area contributed by atoms with Crippen molar-refractivity contribution in [2.75, 3.05) is 13.7 Å². The molecule has 0 spiro atoms. The first kappa shape index (κ1) is 20.7. The molecule has 0 N–H and O–H groups in total. The maximum absolute atomic E-state index is 12.4. The normalized spacial score (nSPS) is 19.5. The molecule has 1 aromatic rings. The van der Waals surface area contributed by atoms with Crippen LogP contribution in [-0.2, 0) is 30.4 Å². The number of benzene rings is 1. The number of likely N-dealkylation sites (tertiary alicyclic amines) is 1. The number of methoxy groups -OCH3 is 1. The van der Waals surface area contributed by atoms with Crippen LogP contribution in [0.1, 0.15) is 39.2 Å². The van der Waals surface area contributed by atoms with Gasteiger partial charge in [-0.2, -0.15) is 0 Å². The number of rotatable bonds is 5. The minimum Gasteiger partial charge on any atom is -0.467 e. The topological polar surface area (TPSA) is 82.1 Å². The van der Waals surface area contributed by atoms with E-state index in [9.17, 15) is 14.4 Å². The van der Waals surface area contributed by atoms with Gasteiger partial charge in [-0.1, -0.05) is 30.3 Å². The molecule has 0 radical (unpaired) electrons. The highest BCUT2D eigenvalue weighted by Gasteiger charge is 2.42. The second kappa shape index (κ2) is 8.88. The molecule has 1 aromatic carbocycles.